The monoisotopic (exact) mass is 972 g/mol. The number of carbonyl (C=O) groups excluding carboxylic acids is 2. The summed E-state index contributed by atoms with van der Waals surface area (Å²) in [5, 5.41) is 37.7. The van der Waals surface area contributed by atoms with Crippen molar-refractivity contribution >= 4 is 17.7 Å². The Hall–Kier alpha value is -7.44. The lowest BCUT2D eigenvalue weighted by Crippen LogP contribution is -2.70. The van der Waals surface area contributed by atoms with Crippen molar-refractivity contribution in [3.8, 4) is 29.1 Å². The molecule has 14 nitrogen and oxygen atoms in total. The van der Waals surface area contributed by atoms with Gasteiger partial charge in [-0.05, 0) is 114 Å². The summed E-state index contributed by atoms with van der Waals surface area (Å²) in [4.78, 5) is 37.1. The molecule has 2 heterocycles. The molecular formula is C58H60N4O10. The molecule has 0 saturated heterocycles. The highest BCUT2D eigenvalue weighted by Gasteiger charge is 2.65. The van der Waals surface area contributed by atoms with Crippen LogP contribution in [0.25, 0.3) is 0 Å². The van der Waals surface area contributed by atoms with Crippen molar-refractivity contribution in [3.63, 3.8) is 0 Å². The zero-order valence-electron chi connectivity index (χ0n) is 40.2. The lowest BCUT2D eigenvalue weighted by Gasteiger charge is -2.60. The molecule has 0 bridgehead atoms. The van der Waals surface area contributed by atoms with Crippen LogP contribution in [0.2, 0.25) is 0 Å². The molecule has 0 radical (unpaired) electrons. The van der Waals surface area contributed by atoms with Crippen LogP contribution in [0, 0.1) is 29.1 Å². The van der Waals surface area contributed by atoms with Gasteiger partial charge in [0, 0.05) is 49.8 Å². The fourth-order valence-corrected chi connectivity index (χ4v) is 10.8. The van der Waals surface area contributed by atoms with E-state index in [0.29, 0.717) is 59.1 Å². The van der Waals surface area contributed by atoms with Gasteiger partial charge in [-0.1, -0.05) is 96.9 Å². The maximum Gasteiger partial charge on any atom is 0.412 e. The Labute approximate surface area is 420 Å². The first kappa shape index (κ1) is 49.5. The van der Waals surface area contributed by atoms with E-state index in [4.69, 9.17) is 33.7 Å². The number of oxime groups is 1. The summed E-state index contributed by atoms with van der Waals surface area (Å²) in [7, 11) is 0. The summed E-state index contributed by atoms with van der Waals surface area (Å²) in [6.07, 6.45) is 7.62. The Morgan fingerprint density at radius 2 is 1.57 bits per heavy atom. The second-order valence-electron chi connectivity index (χ2n) is 18.6. The van der Waals surface area contributed by atoms with Crippen LogP contribution >= 0.6 is 0 Å². The summed E-state index contributed by atoms with van der Waals surface area (Å²) < 4.78 is 32.2. The van der Waals surface area contributed by atoms with Crippen molar-refractivity contribution in [1.82, 2.24) is 10.2 Å². The molecule has 2 aliphatic carbocycles. The Morgan fingerprint density at radius 1 is 0.847 bits per heavy atom. The number of hydrogen-bond acceptors (Lipinski definition) is 12. The molecular weight excluding hydrogens is 913 g/mol. The summed E-state index contributed by atoms with van der Waals surface area (Å²) in [6.45, 7) is 4.84. The Kier molecular flexibility index (Phi) is 16.0. The minimum absolute atomic E-state index is 0.0309. The number of benzene rings is 5. The van der Waals surface area contributed by atoms with Crippen molar-refractivity contribution in [2.75, 3.05) is 26.6 Å². The molecule has 6 unspecified atom stereocenters. The standard InChI is InChI=1S/C58H60N4O10/c1-2-29-69-58-53(62(56(65)43-22-19-39(34-59)20-23-43)36-42-21-25-51-52(30-42)68-38-67-51)33-49(61-70-37-41-15-7-4-8-16-41)47-31-44(17-9-11-27-63)46(18-10-12-28-64)54(55(47)58)48-32-45(24-26-50(48)72-58)71-57(66)60-35-40-13-5-3-6-14-40/h2-8,13-16,19-26,30-32,44,46,53-55,63-64H,1,9-12,17-18,27-29,33,35-38H2,(H,60,66). The van der Waals surface area contributed by atoms with Crippen molar-refractivity contribution in [2.24, 2.45) is 22.9 Å². The Bertz CT molecular complexity index is 2800. The molecule has 2 aliphatic heterocycles. The van der Waals surface area contributed by atoms with Gasteiger partial charge < -0.3 is 49.0 Å². The first-order valence-electron chi connectivity index (χ1n) is 24.8. The molecule has 2 amide bonds. The van der Waals surface area contributed by atoms with Gasteiger partial charge in [0.15, 0.2) is 11.5 Å². The molecule has 6 atom stereocenters. The predicted octanol–water partition coefficient (Wildman–Crippen LogP) is 9.75. The number of aliphatic hydroxyl groups is 2. The molecule has 372 valence electrons. The second-order valence-corrected chi connectivity index (χ2v) is 18.6. The van der Waals surface area contributed by atoms with Crippen LogP contribution in [0.5, 0.6) is 23.0 Å². The third-order valence-electron chi connectivity index (χ3n) is 14.1. The average molecular weight is 973 g/mol. The van der Waals surface area contributed by atoms with Crippen molar-refractivity contribution in [2.45, 2.75) is 82.4 Å². The molecule has 0 aromatic heterocycles. The predicted molar refractivity (Wildman–Crippen MR) is 269 cm³/mol. The van der Waals surface area contributed by atoms with E-state index in [9.17, 15) is 20.3 Å². The molecule has 1 fully saturated rings. The van der Waals surface area contributed by atoms with E-state index in [1.54, 1.807) is 41.3 Å². The van der Waals surface area contributed by atoms with E-state index in [1.165, 1.54) is 0 Å². The van der Waals surface area contributed by atoms with E-state index < -0.39 is 23.8 Å². The largest absolute Gasteiger partial charge is 0.459 e. The summed E-state index contributed by atoms with van der Waals surface area (Å²) in [5.74, 6) is -1.08. The number of carbonyl (C=O) groups is 2. The number of hydrogen-bond donors (Lipinski definition) is 3. The van der Waals surface area contributed by atoms with Gasteiger partial charge in [0.1, 0.15) is 24.1 Å². The van der Waals surface area contributed by atoms with Gasteiger partial charge in [-0.25, -0.2) is 4.79 Å². The quantitative estimate of drug-likeness (QED) is 0.0362. The minimum Gasteiger partial charge on any atom is -0.459 e. The van der Waals surface area contributed by atoms with Gasteiger partial charge in [0.25, 0.3) is 5.91 Å². The van der Waals surface area contributed by atoms with Crippen LogP contribution in [0.15, 0.2) is 151 Å². The number of nitrogens with zero attached hydrogens (tertiary/aromatic N) is 3. The van der Waals surface area contributed by atoms with E-state index in [-0.39, 0.29) is 76.4 Å². The lowest BCUT2D eigenvalue weighted by atomic mass is 9.55. The third-order valence-corrected chi connectivity index (χ3v) is 14.1. The van der Waals surface area contributed by atoms with Crippen LogP contribution in [0.1, 0.15) is 89.0 Å². The highest BCUT2D eigenvalue weighted by molar-refractivity contribution is 6.03. The molecule has 72 heavy (non-hydrogen) atoms. The summed E-state index contributed by atoms with van der Waals surface area (Å²) in [6, 6.07) is 38.2. The number of amides is 2. The van der Waals surface area contributed by atoms with Gasteiger partial charge in [-0.2, -0.15) is 5.26 Å². The minimum atomic E-state index is -1.59. The molecule has 4 aliphatic rings. The van der Waals surface area contributed by atoms with Crippen LogP contribution in [0.4, 0.5) is 4.79 Å². The van der Waals surface area contributed by atoms with E-state index in [2.05, 4.69) is 24.0 Å². The van der Waals surface area contributed by atoms with Crippen molar-refractivity contribution < 1.29 is 48.3 Å². The molecule has 5 aromatic carbocycles. The van der Waals surface area contributed by atoms with Crippen LogP contribution in [-0.2, 0) is 29.3 Å². The molecule has 5 aromatic rings. The van der Waals surface area contributed by atoms with Gasteiger partial charge in [0.2, 0.25) is 12.6 Å². The number of nitriles is 1. The number of aliphatic hydroxyl groups excluding tert-OH is 2. The van der Waals surface area contributed by atoms with Crippen LogP contribution in [0.3, 0.4) is 0 Å². The first-order valence-corrected chi connectivity index (χ1v) is 24.8. The summed E-state index contributed by atoms with van der Waals surface area (Å²) in [5.41, 5.74) is 5.63. The van der Waals surface area contributed by atoms with Crippen LogP contribution < -0.4 is 24.3 Å². The molecule has 1 saturated carbocycles. The maximum atomic E-state index is 15.6. The van der Waals surface area contributed by atoms with Gasteiger partial charge in [-0.3, -0.25) is 4.79 Å². The summed E-state index contributed by atoms with van der Waals surface area (Å²) >= 11 is 0. The number of ether oxygens (including phenoxy) is 5. The highest BCUT2D eigenvalue weighted by atomic mass is 16.7. The molecule has 0 spiro atoms. The third kappa shape index (κ3) is 10.9. The zero-order valence-corrected chi connectivity index (χ0v) is 40.2. The number of allylic oxidation sites excluding steroid dienone is 1. The molecule has 3 N–H and O–H groups in total. The first-order chi connectivity index (χ1) is 35.3. The number of unbranched alkanes of at least 4 members (excludes halogenated alkanes) is 2. The molecule has 9 rings (SSSR count). The molecule has 14 heteroatoms. The van der Waals surface area contributed by atoms with Crippen molar-refractivity contribution in [1.29, 1.82) is 5.26 Å². The highest BCUT2D eigenvalue weighted by Crippen LogP contribution is 2.62. The average Bonchev–Trinajstić information content (AvgIpc) is 3.89. The van der Waals surface area contributed by atoms with Gasteiger partial charge in [0.05, 0.1) is 29.9 Å². The van der Waals surface area contributed by atoms with E-state index in [0.717, 1.165) is 47.1 Å². The Morgan fingerprint density at radius 3 is 2.31 bits per heavy atom. The second kappa shape index (κ2) is 23.2. The fraction of sp³-hybridized carbons (Fsp3) is 0.345. The maximum absolute atomic E-state index is 15.6. The number of nitrogens with one attached hydrogen (secondary N) is 1. The zero-order chi connectivity index (χ0) is 49.9. The van der Waals surface area contributed by atoms with Crippen molar-refractivity contribution in [3.05, 3.63) is 179 Å². The SMILES string of the molecule is C=CCOC12Oc3ccc(OC(=O)NCc4ccccc4)cc3C3C(CCCCO)C(CCCCO)C=C(C(=NOCc4ccccc4)CC1N(Cc1ccc4c(c1)OCO4)C(=O)c1ccc(C#N)cc1)C32. The fourth-order valence-electron chi connectivity index (χ4n) is 10.8. The number of rotatable bonds is 21. The van der Waals surface area contributed by atoms with E-state index in [1.807, 2.05) is 91.0 Å². The lowest BCUT2D eigenvalue weighted by molar-refractivity contribution is -0.255. The van der Waals surface area contributed by atoms with Crippen LogP contribution in [-0.4, -0.2) is 71.3 Å². The topological polar surface area (TPSA) is 181 Å². The van der Waals surface area contributed by atoms with E-state index >= 15 is 4.79 Å². The van der Waals surface area contributed by atoms with Gasteiger partial charge in [-0.15, -0.1) is 6.58 Å². The smallest absolute Gasteiger partial charge is 0.412 e. The Balaban J connectivity index is 1.23. The number of fused-ring (bicyclic) bond motifs is 3. The van der Waals surface area contributed by atoms with Gasteiger partial charge >= 0.3 is 6.09 Å². The normalized spacial score (nSPS) is 21.8.